The van der Waals surface area contributed by atoms with Crippen molar-refractivity contribution in [2.75, 3.05) is 23.3 Å². The van der Waals surface area contributed by atoms with E-state index in [2.05, 4.69) is 10.6 Å². The highest BCUT2D eigenvalue weighted by Gasteiger charge is 2.35. The van der Waals surface area contributed by atoms with E-state index >= 15 is 0 Å². The number of rotatable bonds is 5. The van der Waals surface area contributed by atoms with Crippen molar-refractivity contribution in [1.29, 1.82) is 0 Å². The predicted octanol–water partition coefficient (Wildman–Crippen LogP) is 2.81. The van der Waals surface area contributed by atoms with Gasteiger partial charge in [-0.05, 0) is 67.5 Å². The molecule has 0 bridgehead atoms. The molecule has 0 atom stereocenters. The molecular weight excluding hydrogens is 385 g/mol. The predicted molar refractivity (Wildman–Crippen MR) is 112 cm³/mol. The largest absolute Gasteiger partial charge is 0.347 e. The zero-order chi connectivity index (χ0) is 21.1. The summed E-state index contributed by atoms with van der Waals surface area (Å²) in [4.78, 5) is 38.7. The first kappa shape index (κ1) is 20.1. The highest BCUT2D eigenvalue weighted by atomic mass is 19.1. The van der Waals surface area contributed by atoms with Crippen LogP contribution in [0.2, 0.25) is 0 Å². The quantitative estimate of drug-likeness (QED) is 0.746. The van der Waals surface area contributed by atoms with Crippen molar-refractivity contribution in [3.63, 3.8) is 0 Å². The van der Waals surface area contributed by atoms with Crippen LogP contribution in [0.1, 0.15) is 30.4 Å². The van der Waals surface area contributed by atoms with Crippen LogP contribution in [0.5, 0.6) is 0 Å². The van der Waals surface area contributed by atoms with Gasteiger partial charge in [0.2, 0.25) is 5.91 Å². The summed E-state index contributed by atoms with van der Waals surface area (Å²) in [6.45, 7) is 0.954. The molecule has 2 aliphatic rings. The molecule has 1 heterocycles. The van der Waals surface area contributed by atoms with Gasteiger partial charge >= 0.3 is 11.8 Å². The number of hydrogen-bond donors (Lipinski definition) is 2. The molecule has 30 heavy (non-hydrogen) atoms. The maximum Gasteiger partial charge on any atom is 0.313 e. The van der Waals surface area contributed by atoms with Gasteiger partial charge in [-0.15, -0.1) is 0 Å². The number of hydrogen-bond acceptors (Lipinski definition) is 3. The molecule has 1 aliphatic heterocycles. The van der Waals surface area contributed by atoms with Crippen LogP contribution in [0.25, 0.3) is 0 Å². The van der Waals surface area contributed by atoms with Gasteiger partial charge < -0.3 is 15.5 Å². The lowest BCUT2D eigenvalue weighted by molar-refractivity contribution is -0.136. The van der Waals surface area contributed by atoms with Crippen molar-refractivity contribution in [3.05, 3.63) is 59.4 Å². The summed E-state index contributed by atoms with van der Waals surface area (Å²) in [7, 11) is 0. The SMILES string of the molecule is O=C(NCCc1ccc(F)cc1)C(=O)Nc1ccc2c(c1)N(C(=O)C1CC1)CCC2. The third-order valence-corrected chi connectivity index (χ3v) is 5.47. The average molecular weight is 409 g/mol. The van der Waals surface area contributed by atoms with Gasteiger partial charge in [-0.3, -0.25) is 14.4 Å². The molecule has 2 aromatic rings. The molecule has 0 saturated heterocycles. The van der Waals surface area contributed by atoms with Crippen molar-refractivity contribution in [1.82, 2.24) is 5.32 Å². The van der Waals surface area contributed by atoms with E-state index in [-0.39, 0.29) is 24.2 Å². The zero-order valence-corrected chi connectivity index (χ0v) is 16.6. The minimum absolute atomic E-state index is 0.126. The van der Waals surface area contributed by atoms with E-state index in [1.807, 2.05) is 11.0 Å². The minimum atomic E-state index is -0.759. The number of carbonyl (C=O) groups is 3. The summed E-state index contributed by atoms with van der Waals surface area (Å²) in [6, 6.07) is 11.4. The number of anilines is 2. The molecular formula is C23H24FN3O3. The molecule has 1 aliphatic carbocycles. The Morgan fingerprint density at radius 3 is 2.53 bits per heavy atom. The van der Waals surface area contributed by atoms with Gasteiger partial charge in [0, 0.05) is 30.4 Å². The Morgan fingerprint density at radius 1 is 1.03 bits per heavy atom. The van der Waals surface area contributed by atoms with Gasteiger partial charge in [0.1, 0.15) is 5.82 Å². The Labute approximate surface area is 174 Å². The van der Waals surface area contributed by atoms with E-state index in [1.165, 1.54) is 12.1 Å². The zero-order valence-electron chi connectivity index (χ0n) is 16.6. The molecule has 2 aromatic carbocycles. The molecule has 2 N–H and O–H groups in total. The standard InChI is InChI=1S/C23H24FN3O3/c24-18-8-3-15(4-9-18)11-12-25-21(28)22(29)26-19-10-7-16-2-1-13-27(20(16)14-19)23(30)17-5-6-17/h3-4,7-10,14,17H,1-2,5-6,11-13H2,(H,25,28)(H,26,29). The van der Waals surface area contributed by atoms with Gasteiger partial charge in [0.25, 0.3) is 0 Å². The lowest BCUT2D eigenvalue weighted by Gasteiger charge is -2.30. The van der Waals surface area contributed by atoms with Crippen LogP contribution in [0.4, 0.5) is 15.8 Å². The Bertz CT molecular complexity index is 970. The molecule has 7 heteroatoms. The Balaban J connectivity index is 1.34. The van der Waals surface area contributed by atoms with E-state index < -0.39 is 11.8 Å². The first-order valence-electron chi connectivity index (χ1n) is 10.3. The van der Waals surface area contributed by atoms with Crippen molar-refractivity contribution >= 4 is 29.1 Å². The molecule has 6 nitrogen and oxygen atoms in total. The Hall–Kier alpha value is -3.22. The van der Waals surface area contributed by atoms with Crippen molar-refractivity contribution < 1.29 is 18.8 Å². The summed E-state index contributed by atoms with van der Waals surface area (Å²) in [5.74, 6) is -1.53. The lowest BCUT2D eigenvalue weighted by atomic mass is 10.0. The average Bonchev–Trinajstić information content (AvgIpc) is 3.59. The first-order valence-corrected chi connectivity index (χ1v) is 10.3. The molecule has 156 valence electrons. The Morgan fingerprint density at radius 2 is 1.80 bits per heavy atom. The third kappa shape index (κ3) is 4.67. The summed E-state index contributed by atoms with van der Waals surface area (Å²) in [6.07, 6.45) is 4.20. The van der Waals surface area contributed by atoms with Crippen molar-refractivity contribution in [2.45, 2.75) is 32.1 Å². The van der Waals surface area contributed by atoms with Gasteiger partial charge in [-0.2, -0.15) is 0 Å². The van der Waals surface area contributed by atoms with Gasteiger partial charge in [0.15, 0.2) is 0 Å². The summed E-state index contributed by atoms with van der Waals surface area (Å²) >= 11 is 0. The molecule has 0 aromatic heterocycles. The van der Waals surface area contributed by atoms with Crippen LogP contribution in [0.15, 0.2) is 42.5 Å². The van der Waals surface area contributed by atoms with Crippen molar-refractivity contribution in [3.8, 4) is 0 Å². The molecule has 4 rings (SSSR count). The highest BCUT2D eigenvalue weighted by molar-refractivity contribution is 6.39. The van der Waals surface area contributed by atoms with Crippen molar-refractivity contribution in [2.24, 2.45) is 5.92 Å². The lowest BCUT2D eigenvalue weighted by Crippen LogP contribution is -2.37. The molecule has 0 unspecified atom stereocenters. The fourth-order valence-corrected chi connectivity index (χ4v) is 3.67. The molecule has 1 saturated carbocycles. The number of fused-ring (bicyclic) bond motifs is 1. The van der Waals surface area contributed by atoms with E-state index in [4.69, 9.17) is 0 Å². The molecule has 3 amide bonds. The summed E-state index contributed by atoms with van der Waals surface area (Å²) in [5.41, 5.74) is 3.26. The normalized spacial score (nSPS) is 15.3. The van der Waals surface area contributed by atoms with Gasteiger partial charge in [-0.25, -0.2) is 4.39 Å². The number of nitrogens with zero attached hydrogens (tertiary/aromatic N) is 1. The Kier molecular flexibility index (Phi) is 5.79. The maximum atomic E-state index is 12.9. The maximum absolute atomic E-state index is 12.9. The second-order valence-corrected chi connectivity index (χ2v) is 7.80. The third-order valence-electron chi connectivity index (χ3n) is 5.47. The first-order chi connectivity index (χ1) is 14.5. The van der Waals surface area contributed by atoms with Crippen LogP contribution in [0.3, 0.4) is 0 Å². The van der Waals surface area contributed by atoms with Crippen LogP contribution >= 0.6 is 0 Å². The molecule has 0 radical (unpaired) electrons. The number of halogens is 1. The number of benzene rings is 2. The molecule has 1 fully saturated rings. The van der Waals surface area contributed by atoms with E-state index in [0.717, 1.165) is 42.5 Å². The summed E-state index contributed by atoms with van der Waals surface area (Å²) in [5, 5.41) is 5.18. The van der Waals surface area contributed by atoms with Gasteiger partial charge in [0.05, 0.1) is 0 Å². The van der Waals surface area contributed by atoms with Crippen LogP contribution in [-0.4, -0.2) is 30.8 Å². The topological polar surface area (TPSA) is 78.5 Å². The number of carbonyl (C=O) groups excluding carboxylic acids is 3. The van der Waals surface area contributed by atoms with E-state index in [9.17, 15) is 18.8 Å². The van der Waals surface area contributed by atoms with E-state index in [0.29, 0.717) is 18.7 Å². The van der Waals surface area contributed by atoms with E-state index in [1.54, 1.807) is 24.3 Å². The van der Waals surface area contributed by atoms with Crippen LogP contribution in [0, 0.1) is 11.7 Å². The minimum Gasteiger partial charge on any atom is -0.347 e. The van der Waals surface area contributed by atoms with Crippen LogP contribution in [-0.2, 0) is 27.2 Å². The number of amides is 3. The molecule has 0 spiro atoms. The smallest absolute Gasteiger partial charge is 0.313 e. The fraction of sp³-hybridized carbons (Fsp3) is 0.348. The highest BCUT2D eigenvalue weighted by Crippen LogP contribution is 2.36. The van der Waals surface area contributed by atoms with Crippen LogP contribution < -0.4 is 15.5 Å². The number of aryl methyl sites for hydroxylation is 1. The fourth-order valence-electron chi connectivity index (χ4n) is 3.67. The number of nitrogens with one attached hydrogen (secondary N) is 2. The monoisotopic (exact) mass is 409 g/mol. The second-order valence-electron chi connectivity index (χ2n) is 7.80. The summed E-state index contributed by atoms with van der Waals surface area (Å²) < 4.78 is 12.9. The second kappa shape index (κ2) is 8.65. The van der Waals surface area contributed by atoms with Gasteiger partial charge in [-0.1, -0.05) is 18.2 Å².